The van der Waals surface area contributed by atoms with Crippen LogP contribution in [0.4, 0.5) is 5.82 Å². The molecule has 1 aromatic heterocycles. The summed E-state index contributed by atoms with van der Waals surface area (Å²) in [6, 6.07) is 6.27. The first-order valence-electron chi connectivity index (χ1n) is 7.00. The first-order chi connectivity index (χ1) is 8.61. The summed E-state index contributed by atoms with van der Waals surface area (Å²) in [5, 5.41) is 10.0. The lowest BCUT2D eigenvalue weighted by Gasteiger charge is -2.39. The first-order valence-corrected chi connectivity index (χ1v) is 7.00. The summed E-state index contributed by atoms with van der Waals surface area (Å²) in [6.45, 7) is 8.20. The minimum absolute atomic E-state index is 0.180. The molecule has 3 atom stereocenters. The molecule has 1 aromatic rings. The quantitative estimate of drug-likeness (QED) is 0.893. The molecule has 1 saturated heterocycles. The van der Waals surface area contributed by atoms with Crippen molar-refractivity contribution in [1.82, 2.24) is 4.98 Å². The fourth-order valence-corrected chi connectivity index (χ4v) is 2.77. The van der Waals surface area contributed by atoms with Crippen LogP contribution < -0.4 is 4.90 Å². The predicted molar refractivity (Wildman–Crippen MR) is 74.8 cm³/mol. The van der Waals surface area contributed by atoms with Crippen molar-refractivity contribution in [1.29, 1.82) is 0 Å². The highest BCUT2D eigenvalue weighted by atomic mass is 16.3. The number of aliphatic hydroxyl groups excluding tert-OH is 1. The van der Waals surface area contributed by atoms with Gasteiger partial charge in [-0.3, -0.25) is 0 Å². The summed E-state index contributed by atoms with van der Waals surface area (Å²) < 4.78 is 0. The Morgan fingerprint density at radius 1 is 1.28 bits per heavy atom. The van der Waals surface area contributed by atoms with E-state index < -0.39 is 0 Å². The van der Waals surface area contributed by atoms with Gasteiger partial charge in [0.2, 0.25) is 0 Å². The third kappa shape index (κ3) is 2.83. The molecule has 2 rings (SSSR count). The Balaban J connectivity index is 2.13. The number of rotatable bonds is 3. The fraction of sp³-hybridized carbons (Fsp3) is 0.667. The van der Waals surface area contributed by atoms with Gasteiger partial charge in [0.15, 0.2) is 0 Å². The third-order valence-corrected chi connectivity index (χ3v) is 3.80. The lowest BCUT2D eigenvalue weighted by Crippen LogP contribution is -2.47. The molecular weight excluding hydrogens is 224 g/mol. The van der Waals surface area contributed by atoms with Crippen LogP contribution in [0, 0.1) is 11.8 Å². The first kappa shape index (κ1) is 13.3. The lowest BCUT2D eigenvalue weighted by atomic mass is 9.88. The lowest BCUT2D eigenvalue weighted by molar-refractivity contribution is 0.0527. The molecular formula is C15H24N2O. The van der Waals surface area contributed by atoms with Crippen molar-refractivity contribution in [2.24, 2.45) is 11.8 Å². The molecule has 0 spiro atoms. The Kier molecular flexibility index (Phi) is 4.23. The van der Waals surface area contributed by atoms with Crippen molar-refractivity contribution in [3.63, 3.8) is 0 Å². The molecule has 2 heterocycles. The molecule has 0 radical (unpaired) electrons. The van der Waals surface area contributed by atoms with Gasteiger partial charge in [-0.2, -0.15) is 0 Å². The molecule has 1 fully saturated rings. The monoisotopic (exact) mass is 248 g/mol. The Hall–Kier alpha value is -1.09. The summed E-state index contributed by atoms with van der Waals surface area (Å²) in [6.07, 6.45) is 1.98. The number of pyridine rings is 1. The zero-order chi connectivity index (χ0) is 13.1. The minimum atomic E-state index is -0.180. The van der Waals surface area contributed by atoms with Crippen LogP contribution in [-0.4, -0.2) is 29.3 Å². The van der Waals surface area contributed by atoms with Crippen LogP contribution >= 0.6 is 0 Å². The van der Waals surface area contributed by atoms with E-state index in [1.54, 1.807) is 0 Å². The van der Waals surface area contributed by atoms with Gasteiger partial charge in [-0.15, -0.1) is 0 Å². The van der Waals surface area contributed by atoms with Crippen molar-refractivity contribution in [3.05, 3.63) is 23.9 Å². The topological polar surface area (TPSA) is 36.4 Å². The van der Waals surface area contributed by atoms with Crippen LogP contribution in [-0.2, 0) is 6.42 Å². The van der Waals surface area contributed by atoms with Gasteiger partial charge in [0.05, 0.1) is 6.10 Å². The average Bonchev–Trinajstić information content (AvgIpc) is 2.36. The largest absolute Gasteiger partial charge is 0.392 e. The van der Waals surface area contributed by atoms with E-state index in [1.807, 2.05) is 0 Å². The Morgan fingerprint density at radius 2 is 1.94 bits per heavy atom. The number of anilines is 1. The van der Waals surface area contributed by atoms with Crippen molar-refractivity contribution < 1.29 is 5.11 Å². The second-order valence-electron chi connectivity index (χ2n) is 5.59. The maximum atomic E-state index is 10.0. The minimum Gasteiger partial charge on any atom is -0.392 e. The van der Waals surface area contributed by atoms with E-state index >= 15 is 0 Å². The molecule has 1 aliphatic rings. The molecule has 0 aliphatic carbocycles. The van der Waals surface area contributed by atoms with Crippen molar-refractivity contribution in [2.75, 3.05) is 18.0 Å². The second kappa shape index (κ2) is 5.70. The van der Waals surface area contributed by atoms with E-state index in [-0.39, 0.29) is 6.10 Å². The van der Waals surface area contributed by atoms with Gasteiger partial charge in [-0.25, -0.2) is 4.98 Å². The molecule has 1 N–H and O–H groups in total. The number of hydrogen-bond donors (Lipinski definition) is 1. The molecule has 1 unspecified atom stereocenters. The zero-order valence-electron chi connectivity index (χ0n) is 11.6. The second-order valence-corrected chi connectivity index (χ2v) is 5.59. The molecule has 0 amide bonds. The molecule has 0 aromatic carbocycles. The van der Waals surface area contributed by atoms with Gasteiger partial charge in [0, 0.05) is 18.8 Å². The van der Waals surface area contributed by atoms with Crippen molar-refractivity contribution >= 4 is 5.82 Å². The Labute approximate surface area is 110 Å². The van der Waals surface area contributed by atoms with E-state index in [9.17, 15) is 5.11 Å². The van der Waals surface area contributed by atoms with Gasteiger partial charge in [-0.1, -0.05) is 33.3 Å². The van der Waals surface area contributed by atoms with E-state index in [2.05, 4.69) is 43.9 Å². The van der Waals surface area contributed by atoms with Gasteiger partial charge < -0.3 is 10.0 Å². The van der Waals surface area contributed by atoms with Crippen LogP contribution in [0.2, 0.25) is 0 Å². The van der Waals surface area contributed by atoms with Gasteiger partial charge in [0.1, 0.15) is 5.82 Å². The smallest absolute Gasteiger partial charge is 0.128 e. The summed E-state index contributed by atoms with van der Waals surface area (Å²) in [7, 11) is 0. The molecule has 1 aliphatic heterocycles. The van der Waals surface area contributed by atoms with Crippen LogP contribution in [0.15, 0.2) is 18.2 Å². The van der Waals surface area contributed by atoms with Crippen LogP contribution in [0.3, 0.4) is 0 Å². The van der Waals surface area contributed by atoms with Gasteiger partial charge >= 0.3 is 0 Å². The summed E-state index contributed by atoms with van der Waals surface area (Å²) in [4.78, 5) is 7.03. The molecule has 3 nitrogen and oxygen atoms in total. The molecule has 3 heteroatoms. The van der Waals surface area contributed by atoms with Crippen LogP contribution in [0.5, 0.6) is 0 Å². The SMILES string of the molecule is CCCc1cccc(N2C[C@@H](C)C(O)[C@@H](C)C2)n1. The standard InChI is InChI=1S/C15H24N2O/c1-4-6-13-7-5-8-14(16-13)17-9-11(2)15(18)12(3)10-17/h5,7-8,11-12,15,18H,4,6,9-10H2,1-3H3/t11-,12+,15?. The molecule has 100 valence electrons. The van der Waals surface area contributed by atoms with Gasteiger partial charge in [0.25, 0.3) is 0 Å². The maximum absolute atomic E-state index is 10.0. The van der Waals surface area contributed by atoms with Gasteiger partial charge in [-0.05, 0) is 30.4 Å². The van der Waals surface area contributed by atoms with Crippen molar-refractivity contribution in [2.45, 2.75) is 39.7 Å². The fourth-order valence-electron chi connectivity index (χ4n) is 2.77. The Morgan fingerprint density at radius 3 is 2.56 bits per heavy atom. The van der Waals surface area contributed by atoms with E-state index in [0.29, 0.717) is 11.8 Å². The number of piperidine rings is 1. The predicted octanol–water partition coefficient (Wildman–Crippen LogP) is 2.49. The van der Waals surface area contributed by atoms with Crippen molar-refractivity contribution in [3.8, 4) is 0 Å². The Bertz CT molecular complexity index is 382. The highest BCUT2D eigenvalue weighted by Gasteiger charge is 2.30. The number of aromatic nitrogens is 1. The highest BCUT2D eigenvalue weighted by Crippen LogP contribution is 2.25. The average molecular weight is 248 g/mol. The highest BCUT2D eigenvalue weighted by molar-refractivity contribution is 5.40. The molecule has 0 saturated carbocycles. The van der Waals surface area contributed by atoms with E-state index in [0.717, 1.165) is 31.7 Å². The molecule has 18 heavy (non-hydrogen) atoms. The van der Waals surface area contributed by atoms with Crippen LogP contribution in [0.25, 0.3) is 0 Å². The van der Waals surface area contributed by atoms with E-state index in [1.165, 1.54) is 5.69 Å². The number of aliphatic hydroxyl groups is 1. The summed E-state index contributed by atoms with van der Waals surface area (Å²) in [5.74, 6) is 1.68. The van der Waals surface area contributed by atoms with Crippen LogP contribution in [0.1, 0.15) is 32.9 Å². The maximum Gasteiger partial charge on any atom is 0.128 e. The number of hydrogen-bond acceptors (Lipinski definition) is 3. The third-order valence-electron chi connectivity index (χ3n) is 3.80. The summed E-state index contributed by atoms with van der Waals surface area (Å²) in [5.41, 5.74) is 1.17. The van der Waals surface area contributed by atoms with E-state index in [4.69, 9.17) is 4.98 Å². The summed E-state index contributed by atoms with van der Waals surface area (Å²) >= 11 is 0. The number of aryl methyl sites for hydroxylation is 1. The number of nitrogens with zero attached hydrogens (tertiary/aromatic N) is 2. The zero-order valence-corrected chi connectivity index (χ0v) is 11.6. The molecule has 0 bridgehead atoms. The normalized spacial score (nSPS) is 28.4.